The summed E-state index contributed by atoms with van der Waals surface area (Å²) in [5, 5.41) is 3.40. The number of hydrogen-bond acceptors (Lipinski definition) is 4. The number of primary amides is 1. The van der Waals surface area contributed by atoms with Gasteiger partial charge in [0, 0.05) is 36.1 Å². The first-order valence-electron chi connectivity index (χ1n) is 11.3. The van der Waals surface area contributed by atoms with Gasteiger partial charge >= 0.3 is 0 Å². The van der Waals surface area contributed by atoms with Crippen molar-refractivity contribution in [3.63, 3.8) is 0 Å². The Morgan fingerprint density at radius 2 is 1.97 bits per heavy atom. The Labute approximate surface area is 188 Å². The number of pyridine rings is 2. The van der Waals surface area contributed by atoms with Crippen LogP contribution in [-0.2, 0) is 11.2 Å². The van der Waals surface area contributed by atoms with Crippen LogP contribution < -0.4 is 11.1 Å². The Hall–Kier alpha value is -3.28. The van der Waals surface area contributed by atoms with Gasteiger partial charge in [0.1, 0.15) is 11.6 Å². The van der Waals surface area contributed by atoms with Gasteiger partial charge < -0.3 is 11.1 Å². The van der Waals surface area contributed by atoms with E-state index in [1.54, 1.807) is 24.5 Å². The Kier molecular flexibility index (Phi) is 7.10. The van der Waals surface area contributed by atoms with Crippen molar-refractivity contribution in [2.24, 2.45) is 5.73 Å². The third-order valence-electron chi connectivity index (χ3n) is 6.18. The summed E-state index contributed by atoms with van der Waals surface area (Å²) in [7, 11) is 0. The molecule has 3 N–H and O–H groups in total. The number of anilines is 1. The van der Waals surface area contributed by atoms with Crippen LogP contribution in [0.1, 0.15) is 66.3 Å². The lowest BCUT2D eigenvalue weighted by Gasteiger charge is -2.24. The Balaban J connectivity index is 1.63. The third kappa shape index (κ3) is 5.31. The maximum atomic E-state index is 13.5. The fourth-order valence-electron chi connectivity index (χ4n) is 4.55. The van der Waals surface area contributed by atoms with Crippen molar-refractivity contribution >= 4 is 11.7 Å². The summed E-state index contributed by atoms with van der Waals surface area (Å²) < 4.78 is 13.5. The third-order valence-corrected chi connectivity index (χ3v) is 6.18. The first kappa shape index (κ1) is 21.9. The van der Waals surface area contributed by atoms with Gasteiger partial charge in [0.2, 0.25) is 5.91 Å². The molecule has 1 fully saturated rings. The average molecular weight is 433 g/mol. The van der Waals surface area contributed by atoms with Crippen molar-refractivity contribution in [3.05, 3.63) is 89.1 Å². The molecule has 0 aliphatic heterocycles. The zero-order chi connectivity index (χ0) is 22.3. The number of nitrogens with one attached hydrogen (secondary N) is 1. The average Bonchev–Trinajstić information content (AvgIpc) is 2.81. The molecular weight excluding hydrogens is 403 g/mol. The number of nitrogens with two attached hydrogens (primary N) is 1. The molecule has 166 valence electrons. The molecule has 1 aliphatic rings. The van der Waals surface area contributed by atoms with Crippen LogP contribution in [0.2, 0.25) is 0 Å². The fourth-order valence-corrected chi connectivity index (χ4v) is 4.55. The van der Waals surface area contributed by atoms with Crippen LogP contribution in [0.15, 0.2) is 60.9 Å². The number of nitrogens with zero attached hydrogens (tertiary/aromatic N) is 2. The summed E-state index contributed by atoms with van der Waals surface area (Å²) >= 11 is 0. The highest BCUT2D eigenvalue weighted by Gasteiger charge is 2.26. The van der Waals surface area contributed by atoms with Crippen LogP contribution in [0, 0.1) is 5.82 Å². The lowest BCUT2D eigenvalue weighted by molar-refractivity contribution is -0.118. The summed E-state index contributed by atoms with van der Waals surface area (Å²) in [5.41, 5.74) is 9.26. The number of amides is 1. The van der Waals surface area contributed by atoms with Gasteiger partial charge in [-0.25, -0.2) is 9.37 Å². The van der Waals surface area contributed by atoms with Crippen LogP contribution in [0.3, 0.4) is 0 Å². The van der Waals surface area contributed by atoms with E-state index in [9.17, 15) is 9.18 Å². The predicted molar refractivity (Wildman–Crippen MR) is 124 cm³/mol. The number of halogens is 1. The number of aromatic nitrogens is 2. The minimum absolute atomic E-state index is 0.244. The topological polar surface area (TPSA) is 80.9 Å². The molecule has 1 atom stereocenters. The molecule has 3 aromatic rings. The minimum Gasteiger partial charge on any atom is -0.369 e. The lowest BCUT2D eigenvalue weighted by atomic mass is 9.85. The quantitative estimate of drug-likeness (QED) is 0.529. The summed E-state index contributed by atoms with van der Waals surface area (Å²) in [6.07, 6.45) is 9.96. The zero-order valence-electron chi connectivity index (χ0n) is 18.1. The lowest BCUT2D eigenvalue weighted by Crippen LogP contribution is -2.24. The number of carbonyl (C=O) groups is 1. The van der Waals surface area contributed by atoms with Gasteiger partial charge in [0.05, 0.1) is 5.92 Å². The molecule has 0 spiro atoms. The number of benzene rings is 1. The second-order valence-electron chi connectivity index (χ2n) is 8.44. The van der Waals surface area contributed by atoms with Crippen LogP contribution in [0.25, 0.3) is 0 Å². The molecule has 32 heavy (non-hydrogen) atoms. The first-order chi connectivity index (χ1) is 15.6. The fraction of sp³-hybridized carbons (Fsp3) is 0.346. The monoisotopic (exact) mass is 432 g/mol. The zero-order valence-corrected chi connectivity index (χ0v) is 18.1. The van der Waals surface area contributed by atoms with Gasteiger partial charge in [-0.3, -0.25) is 9.78 Å². The summed E-state index contributed by atoms with van der Waals surface area (Å²) in [4.78, 5) is 21.6. The number of rotatable bonds is 8. The van der Waals surface area contributed by atoms with Crippen molar-refractivity contribution in [1.82, 2.24) is 9.97 Å². The molecule has 2 heterocycles. The Bertz CT molecular complexity index is 1050. The molecular formula is C26H29FN4O. The van der Waals surface area contributed by atoms with Crippen molar-refractivity contribution in [2.75, 3.05) is 11.9 Å². The molecule has 1 aliphatic carbocycles. The maximum Gasteiger partial charge on any atom is 0.229 e. The first-order valence-corrected chi connectivity index (χ1v) is 11.3. The SMILES string of the molecule is NC(=O)C(c1cccnc1)c1ccc(C2CCCCC2)nc1NCCc1cccc(F)c1. The van der Waals surface area contributed by atoms with E-state index in [-0.39, 0.29) is 5.82 Å². The van der Waals surface area contributed by atoms with Crippen LogP contribution in [-0.4, -0.2) is 22.4 Å². The number of hydrogen-bond donors (Lipinski definition) is 2. The molecule has 1 unspecified atom stereocenters. The van der Waals surface area contributed by atoms with Crippen molar-refractivity contribution in [1.29, 1.82) is 0 Å². The van der Waals surface area contributed by atoms with Gasteiger partial charge in [0.25, 0.3) is 0 Å². The largest absolute Gasteiger partial charge is 0.369 e. The van der Waals surface area contributed by atoms with Gasteiger partial charge in [-0.1, -0.05) is 43.5 Å². The van der Waals surface area contributed by atoms with E-state index in [0.29, 0.717) is 24.7 Å². The molecule has 0 bridgehead atoms. The van der Waals surface area contributed by atoms with Crippen LogP contribution >= 0.6 is 0 Å². The molecule has 2 aromatic heterocycles. The van der Waals surface area contributed by atoms with Gasteiger partial charge in [-0.15, -0.1) is 0 Å². The van der Waals surface area contributed by atoms with Crippen LogP contribution in [0.5, 0.6) is 0 Å². The van der Waals surface area contributed by atoms with E-state index < -0.39 is 11.8 Å². The molecule has 1 saturated carbocycles. The molecule has 0 saturated heterocycles. The van der Waals surface area contributed by atoms with Crippen molar-refractivity contribution in [2.45, 2.75) is 50.4 Å². The standard InChI is InChI=1S/C26H29FN4O/c27-21-10-4-6-18(16-21)13-15-30-26-22(24(25(28)32)20-9-5-14-29-17-20)11-12-23(31-26)19-7-2-1-3-8-19/h4-6,9-12,14,16-17,19,24H,1-3,7-8,13,15H2,(H2,28,32)(H,30,31). The summed E-state index contributed by atoms with van der Waals surface area (Å²) in [5.74, 6) is -0.234. The normalized spacial score (nSPS) is 15.3. The van der Waals surface area contributed by atoms with E-state index >= 15 is 0 Å². The van der Waals surface area contributed by atoms with Gasteiger partial charge in [0.15, 0.2) is 0 Å². The highest BCUT2D eigenvalue weighted by molar-refractivity contribution is 5.87. The van der Waals surface area contributed by atoms with E-state index in [4.69, 9.17) is 10.7 Å². The van der Waals surface area contributed by atoms with Crippen molar-refractivity contribution < 1.29 is 9.18 Å². The maximum absolute atomic E-state index is 13.5. The summed E-state index contributed by atoms with van der Waals surface area (Å²) in [6.45, 7) is 0.566. The Morgan fingerprint density at radius 1 is 1.12 bits per heavy atom. The Morgan fingerprint density at radius 3 is 2.69 bits per heavy atom. The van der Waals surface area contributed by atoms with Crippen molar-refractivity contribution in [3.8, 4) is 0 Å². The molecule has 1 amide bonds. The van der Waals surface area contributed by atoms with Gasteiger partial charge in [-0.2, -0.15) is 0 Å². The van der Waals surface area contributed by atoms with Crippen LogP contribution in [0.4, 0.5) is 10.2 Å². The second-order valence-corrected chi connectivity index (χ2v) is 8.44. The molecule has 5 nitrogen and oxygen atoms in total. The molecule has 6 heteroatoms. The highest BCUT2D eigenvalue weighted by Crippen LogP contribution is 2.35. The number of carbonyl (C=O) groups excluding carboxylic acids is 1. The molecule has 4 rings (SSSR count). The van der Waals surface area contributed by atoms with E-state index in [0.717, 1.165) is 35.2 Å². The highest BCUT2D eigenvalue weighted by atomic mass is 19.1. The summed E-state index contributed by atoms with van der Waals surface area (Å²) in [6, 6.07) is 14.3. The van der Waals surface area contributed by atoms with Gasteiger partial charge in [-0.05, 0) is 54.7 Å². The predicted octanol–water partition coefficient (Wildman–Crippen LogP) is 4.94. The molecule has 0 radical (unpaired) electrons. The minimum atomic E-state index is -0.645. The van der Waals surface area contributed by atoms with E-state index in [2.05, 4.69) is 10.3 Å². The van der Waals surface area contributed by atoms with E-state index in [1.165, 1.54) is 31.4 Å². The smallest absolute Gasteiger partial charge is 0.229 e. The van der Waals surface area contributed by atoms with E-state index in [1.807, 2.05) is 24.3 Å². The second kappa shape index (κ2) is 10.4. The molecule has 1 aromatic carbocycles.